The average Bonchev–Trinajstić information content (AvgIpc) is 2.45. The van der Waals surface area contributed by atoms with Crippen LogP contribution in [0.5, 0.6) is 0 Å². The van der Waals surface area contributed by atoms with Crippen LogP contribution in [0.25, 0.3) is 0 Å². The highest BCUT2D eigenvalue weighted by Gasteiger charge is 2.08. The molecule has 0 amide bonds. The number of nitrogen functional groups attached to an aromatic ring is 1. The van der Waals surface area contributed by atoms with Crippen LogP contribution in [0.2, 0.25) is 0 Å². The number of halogens is 1. The lowest BCUT2D eigenvalue weighted by molar-refractivity contribution is 0.624. The van der Waals surface area contributed by atoms with Crippen molar-refractivity contribution in [3.8, 4) is 0 Å². The van der Waals surface area contributed by atoms with Gasteiger partial charge in [-0.1, -0.05) is 19.9 Å². The molecule has 3 N–H and O–H groups in total. The van der Waals surface area contributed by atoms with Crippen molar-refractivity contribution < 1.29 is 4.39 Å². The zero-order chi connectivity index (χ0) is 14.5. The van der Waals surface area contributed by atoms with E-state index in [0.29, 0.717) is 23.3 Å². The van der Waals surface area contributed by atoms with Crippen LogP contribution in [0.4, 0.5) is 10.2 Å². The Kier molecular flexibility index (Phi) is 4.92. The number of aromatic nitrogens is 2. The van der Waals surface area contributed by atoms with Gasteiger partial charge in [0.05, 0.1) is 5.75 Å². The fourth-order valence-electron chi connectivity index (χ4n) is 1.66. The highest BCUT2D eigenvalue weighted by Crippen LogP contribution is 2.23. The summed E-state index contributed by atoms with van der Waals surface area (Å²) in [5.41, 5.74) is 3.48. The van der Waals surface area contributed by atoms with Crippen LogP contribution < -0.4 is 11.3 Å². The Morgan fingerprint density at radius 1 is 1.30 bits per heavy atom. The zero-order valence-electron chi connectivity index (χ0n) is 11.4. The van der Waals surface area contributed by atoms with Gasteiger partial charge in [-0.3, -0.25) is 0 Å². The smallest absolute Gasteiger partial charge is 0.143 e. The molecule has 1 aromatic carbocycles. The first-order valence-corrected chi connectivity index (χ1v) is 7.30. The van der Waals surface area contributed by atoms with Gasteiger partial charge in [-0.15, -0.1) is 11.8 Å². The number of benzene rings is 1. The number of rotatable bonds is 5. The number of anilines is 1. The Hall–Kier alpha value is -1.66. The van der Waals surface area contributed by atoms with Crippen molar-refractivity contribution in [3.63, 3.8) is 0 Å². The lowest BCUT2D eigenvalue weighted by atomic mass is 10.1. The molecular formula is C14H17FN4S. The molecule has 106 valence electrons. The lowest BCUT2D eigenvalue weighted by Crippen LogP contribution is -2.11. The van der Waals surface area contributed by atoms with Crippen LogP contribution in [0.1, 0.15) is 31.3 Å². The van der Waals surface area contributed by atoms with E-state index in [-0.39, 0.29) is 5.82 Å². The van der Waals surface area contributed by atoms with Gasteiger partial charge in [0.2, 0.25) is 0 Å². The van der Waals surface area contributed by atoms with E-state index in [0.717, 1.165) is 10.6 Å². The monoisotopic (exact) mass is 292 g/mol. The summed E-state index contributed by atoms with van der Waals surface area (Å²) in [6, 6.07) is 8.31. The molecule has 2 aromatic rings. The van der Waals surface area contributed by atoms with Gasteiger partial charge in [-0.2, -0.15) is 0 Å². The number of hydrogen-bond donors (Lipinski definition) is 2. The van der Waals surface area contributed by atoms with Crippen molar-refractivity contribution in [2.24, 2.45) is 5.84 Å². The minimum absolute atomic E-state index is 0.240. The topological polar surface area (TPSA) is 63.8 Å². The number of nitrogens with zero attached hydrogens (tertiary/aromatic N) is 2. The highest BCUT2D eigenvalue weighted by molar-refractivity contribution is 7.98. The number of nitrogens with two attached hydrogens (primary N) is 1. The van der Waals surface area contributed by atoms with Crippen molar-refractivity contribution in [3.05, 3.63) is 47.7 Å². The van der Waals surface area contributed by atoms with Gasteiger partial charge in [0.25, 0.3) is 0 Å². The van der Waals surface area contributed by atoms with Crippen LogP contribution in [-0.2, 0) is 5.75 Å². The molecule has 4 nitrogen and oxygen atoms in total. The Morgan fingerprint density at radius 3 is 2.75 bits per heavy atom. The molecule has 0 unspecified atom stereocenters. The molecule has 0 saturated heterocycles. The molecule has 20 heavy (non-hydrogen) atoms. The van der Waals surface area contributed by atoms with Crippen LogP contribution in [-0.4, -0.2) is 9.97 Å². The average molecular weight is 292 g/mol. The van der Waals surface area contributed by atoms with Gasteiger partial charge in [-0.05, 0) is 24.1 Å². The summed E-state index contributed by atoms with van der Waals surface area (Å²) in [7, 11) is 0. The van der Waals surface area contributed by atoms with E-state index in [4.69, 9.17) is 5.84 Å². The number of thioether (sulfide) groups is 1. The molecule has 0 aliphatic heterocycles. The maximum atomic E-state index is 13.1. The Bertz CT molecular complexity index is 589. The summed E-state index contributed by atoms with van der Waals surface area (Å²) < 4.78 is 13.1. The van der Waals surface area contributed by atoms with E-state index in [2.05, 4.69) is 29.2 Å². The molecule has 0 spiro atoms. The molecule has 0 saturated carbocycles. The van der Waals surface area contributed by atoms with Crippen LogP contribution in [0, 0.1) is 5.82 Å². The van der Waals surface area contributed by atoms with Gasteiger partial charge in [0.15, 0.2) is 0 Å². The van der Waals surface area contributed by atoms with E-state index in [1.807, 2.05) is 12.1 Å². The SMILES string of the molecule is CC(C)c1cc(NN)nc(CSc2cccc(F)c2)n1. The molecular weight excluding hydrogens is 275 g/mol. The predicted octanol–water partition coefficient (Wildman–Crippen LogP) is 3.32. The molecule has 0 bridgehead atoms. The molecule has 1 aromatic heterocycles. The molecule has 0 aliphatic carbocycles. The fourth-order valence-corrected chi connectivity index (χ4v) is 2.45. The third-order valence-corrected chi connectivity index (χ3v) is 3.69. The second-order valence-electron chi connectivity index (χ2n) is 4.64. The second kappa shape index (κ2) is 6.67. The first-order chi connectivity index (χ1) is 9.58. The van der Waals surface area contributed by atoms with Gasteiger partial charge in [0.1, 0.15) is 17.5 Å². The number of hydrazine groups is 1. The Labute approximate surface area is 122 Å². The van der Waals surface area contributed by atoms with Crippen LogP contribution in [0.15, 0.2) is 35.2 Å². The van der Waals surface area contributed by atoms with E-state index >= 15 is 0 Å². The maximum absolute atomic E-state index is 13.1. The quantitative estimate of drug-likeness (QED) is 0.503. The molecule has 0 radical (unpaired) electrons. The molecule has 0 atom stereocenters. The second-order valence-corrected chi connectivity index (χ2v) is 5.69. The Morgan fingerprint density at radius 2 is 2.10 bits per heavy atom. The molecule has 2 rings (SSSR count). The van der Waals surface area contributed by atoms with Gasteiger partial charge >= 0.3 is 0 Å². The van der Waals surface area contributed by atoms with Crippen molar-refractivity contribution >= 4 is 17.6 Å². The van der Waals surface area contributed by atoms with E-state index in [1.165, 1.54) is 23.9 Å². The molecule has 1 heterocycles. The van der Waals surface area contributed by atoms with E-state index < -0.39 is 0 Å². The summed E-state index contributed by atoms with van der Waals surface area (Å²) >= 11 is 1.49. The molecule has 0 aliphatic rings. The van der Waals surface area contributed by atoms with Gasteiger partial charge < -0.3 is 5.43 Å². The van der Waals surface area contributed by atoms with Crippen molar-refractivity contribution in [2.75, 3.05) is 5.43 Å². The third kappa shape index (κ3) is 3.91. The van der Waals surface area contributed by atoms with Gasteiger partial charge in [-0.25, -0.2) is 20.2 Å². The molecule has 6 heteroatoms. The fraction of sp³-hybridized carbons (Fsp3) is 0.286. The summed E-state index contributed by atoms with van der Waals surface area (Å²) in [6.45, 7) is 4.12. The van der Waals surface area contributed by atoms with Crippen molar-refractivity contribution in [1.82, 2.24) is 9.97 Å². The van der Waals surface area contributed by atoms with Crippen LogP contribution >= 0.6 is 11.8 Å². The lowest BCUT2D eigenvalue weighted by Gasteiger charge is -2.09. The van der Waals surface area contributed by atoms with E-state index in [1.54, 1.807) is 6.07 Å². The van der Waals surface area contributed by atoms with Crippen molar-refractivity contribution in [1.29, 1.82) is 0 Å². The minimum Gasteiger partial charge on any atom is -0.308 e. The number of nitrogens with one attached hydrogen (secondary N) is 1. The van der Waals surface area contributed by atoms with Gasteiger partial charge in [0, 0.05) is 16.7 Å². The Balaban J connectivity index is 2.14. The van der Waals surface area contributed by atoms with Crippen LogP contribution in [0.3, 0.4) is 0 Å². The van der Waals surface area contributed by atoms with Crippen molar-refractivity contribution in [2.45, 2.75) is 30.4 Å². The third-order valence-electron chi connectivity index (χ3n) is 2.70. The predicted molar refractivity (Wildman–Crippen MR) is 79.9 cm³/mol. The minimum atomic E-state index is -0.240. The molecule has 0 fully saturated rings. The van der Waals surface area contributed by atoms with E-state index in [9.17, 15) is 4.39 Å². The normalized spacial score (nSPS) is 10.8. The first kappa shape index (κ1) is 14.7. The summed E-state index contributed by atoms with van der Waals surface area (Å²) in [5, 5.41) is 0. The first-order valence-electron chi connectivity index (χ1n) is 6.31. The standard InChI is InChI=1S/C14H17FN4S/c1-9(2)12-7-13(19-16)18-14(17-12)8-20-11-5-3-4-10(15)6-11/h3-7,9H,8,16H2,1-2H3,(H,17,18,19). The maximum Gasteiger partial charge on any atom is 0.143 e. The summed E-state index contributed by atoms with van der Waals surface area (Å²) in [4.78, 5) is 9.66. The highest BCUT2D eigenvalue weighted by atomic mass is 32.2. The number of hydrogen-bond acceptors (Lipinski definition) is 5. The summed E-state index contributed by atoms with van der Waals surface area (Å²) in [5.74, 6) is 7.32. The zero-order valence-corrected chi connectivity index (χ0v) is 12.2. The summed E-state index contributed by atoms with van der Waals surface area (Å²) in [6.07, 6.45) is 0. The largest absolute Gasteiger partial charge is 0.308 e.